The first-order chi connectivity index (χ1) is 23.1. The molecular formula is C34H34FN7O5S. The molecule has 1 atom stereocenters. The zero-order chi connectivity index (χ0) is 33.8. The van der Waals surface area contributed by atoms with Gasteiger partial charge >= 0.3 is 16.3 Å². The van der Waals surface area contributed by atoms with E-state index in [2.05, 4.69) is 25.0 Å². The summed E-state index contributed by atoms with van der Waals surface area (Å²) in [7, 11) is -2.71. The summed E-state index contributed by atoms with van der Waals surface area (Å²) >= 11 is 0. The van der Waals surface area contributed by atoms with Gasteiger partial charge in [0, 0.05) is 55.9 Å². The SMILES string of the molecule is Cc1ccc2c(NS(=O)(=O)N(C)Cc3ccccc3)c(F)ccc2c1Oc1ncccc1-c1ccnc(N[C@H]2CCCN(C(=O)O)C2)n1. The lowest BCUT2D eigenvalue weighted by atomic mass is 10.0. The molecular weight excluding hydrogens is 637 g/mol. The summed E-state index contributed by atoms with van der Waals surface area (Å²) in [6.45, 7) is 2.74. The molecule has 0 bridgehead atoms. The number of aryl methyl sites for hydroxylation is 1. The molecule has 2 aromatic heterocycles. The number of likely N-dealkylation sites (tertiary alicyclic amines) is 1. The first kappa shape index (κ1) is 32.6. The van der Waals surface area contributed by atoms with Crippen LogP contribution in [0, 0.1) is 12.7 Å². The molecule has 0 aliphatic carbocycles. The Labute approximate surface area is 277 Å². The molecule has 0 spiro atoms. The van der Waals surface area contributed by atoms with Crippen LogP contribution in [-0.2, 0) is 16.8 Å². The van der Waals surface area contributed by atoms with Gasteiger partial charge in [0.15, 0.2) is 0 Å². The number of piperidine rings is 1. The summed E-state index contributed by atoms with van der Waals surface area (Å²) in [5, 5.41) is 13.4. The van der Waals surface area contributed by atoms with Crippen molar-refractivity contribution in [3.8, 4) is 22.9 Å². The van der Waals surface area contributed by atoms with E-state index in [1.165, 1.54) is 18.0 Å². The number of carbonyl (C=O) groups is 1. The number of ether oxygens (including phenoxy) is 1. The maximum atomic E-state index is 15.3. The second kappa shape index (κ2) is 13.8. The van der Waals surface area contributed by atoms with Crippen molar-refractivity contribution in [2.24, 2.45) is 0 Å². The van der Waals surface area contributed by atoms with Crippen LogP contribution in [0.5, 0.6) is 11.6 Å². The molecule has 12 nitrogen and oxygen atoms in total. The Morgan fingerprint density at radius 3 is 2.62 bits per heavy atom. The van der Waals surface area contributed by atoms with Crippen LogP contribution in [0.1, 0.15) is 24.0 Å². The molecule has 0 unspecified atom stereocenters. The third-order valence-corrected chi connectivity index (χ3v) is 9.53. The number of anilines is 2. The van der Waals surface area contributed by atoms with Crippen LogP contribution in [0.3, 0.4) is 0 Å². The third-order valence-electron chi connectivity index (χ3n) is 8.11. The van der Waals surface area contributed by atoms with Crippen molar-refractivity contribution in [3.05, 3.63) is 102 Å². The fourth-order valence-electron chi connectivity index (χ4n) is 5.63. The predicted molar refractivity (Wildman–Crippen MR) is 181 cm³/mol. The second-order valence-electron chi connectivity index (χ2n) is 11.5. The quantitative estimate of drug-likeness (QED) is 0.156. The van der Waals surface area contributed by atoms with E-state index in [9.17, 15) is 18.3 Å². The number of hydrogen-bond acceptors (Lipinski definition) is 8. The summed E-state index contributed by atoms with van der Waals surface area (Å²) < 4.78 is 51.9. The number of aromatic nitrogens is 3. The fraction of sp³-hybridized carbons (Fsp3) is 0.235. The lowest BCUT2D eigenvalue weighted by Crippen LogP contribution is -2.44. The minimum atomic E-state index is -4.13. The number of rotatable bonds is 10. The first-order valence-electron chi connectivity index (χ1n) is 15.3. The monoisotopic (exact) mass is 671 g/mol. The van der Waals surface area contributed by atoms with Gasteiger partial charge in [-0.3, -0.25) is 4.72 Å². The Kier molecular flexibility index (Phi) is 9.37. The predicted octanol–water partition coefficient (Wildman–Crippen LogP) is 6.27. The summed E-state index contributed by atoms with van der Waals surface area (Å²) in [4.78, 5) is 26.3. The van der Waals surface area contributed by atoms with Gasteiger partial charge in [-0.1, -0.05) is 42.5 Å². The number of nitrogens with one attached hydrogen (secondary N) is 2. The summed E-state index contributed by atoms with van der Waals surface area (Å²) in [5.41, 5.74) is 2.37. The summed E-state index contributed by atoms with van der Waals surface area (Å²) in [5.74, 6) is 0.193. The number of pyridine rings is 1. The number of halogens is 1. The molecule has 3 heterocycles. The minimum Gasteiger partial charge on any atom is -0.465 e. The van der Waals surface area contributed by atoms with E-state index < -0.39 is 22.1 Å². The van der Waals surface area contributed by atoms with Crippen molar-refractivity contribution in [2.75, 3.05) is 30.2 Å². The topological polar surface area (TPSA) is 150 Å². The van der Waals surface area contributed by atoms with E-state index in [1.807, 2.05) is 37.3 Å². The van der Waals surface area contributed by atoms with Crippen molar-refractivity contribution in [3.63, 3.8) is 0 Å². The molecule has 1 amide bonds. The summed E-state index contributed by atoms with van der Waals surface area (Å²) in [6.07, 6.45) is 3.72. The molecule has 3 N–H and O–H groups in total. The van der Waals surface area contributed by atoms with E-state index in [1.54, 1.807) is 48.8 Å². The molecule has 248 valence electrons. The van der Waals surface area contributed by atoms with E-state index in [0.717, 1.165) is 22.7 Å². The number of fused-ring (bicyclic) bond motifs is 1. The molecule has 5 aromatic rings. The van der Waals surface area contributed by atoms with Crippen LogP contribution in [0.15, 0.2) is 85.2 Å². The van der Waals surface area contributed by atoms with Gasteiger partial charge in [0.1, 0.15) is 11.6 Å². The van der Waals surface area contributed by atoms with Gasteiger partial charge in [0.05, 0.1) is 16.9 Å². The molecule has 3 aromatic carbocycles. The van der Waals surface area contributed by atoms with Crippen LogP contribution >= 0.6 is 0 Å². The van der Waals surface area contributed by atoms with Gasteiger partial charge in [0.2, 0.25) is 11.8 Å². The van der Waals surface area contributed by atoms with Gasteiger partial charge in [0.25, 0.3) is 0 Å². The average molecular weight is 672 g/mol. The number of hydrogen-bond donors (Lipinski definition) is 3. The number of amides is 1. The highest BCUT2D eigenvalue weighted by molar-refractivity contribution is 7.90. The van der Waals surface area contributed by atoms with Gasteiger partial charge in [-0.25, -0.2) is 24.1 Å². The van der Waals surface area contributed by atoms with Crippen LogP contribution in [0.25, 0.3) is 22.0 Å². The zero-order valence-corrected chi connectivity index (χ0v) is 27.1. The Morgan fingerprint density at radius 1 is 1.04 bits per heavy atom. The van der Waals surface area contributed by atoms with Crippen molar-refractivity contribution in [1.82, 2.24) is 24.2 Å². The number of carboxylic acid groups (broad SMARTS) is 1. The molecule has 48 heavy (non-hydrogen) atoms. The molecule has 1 fully saturated rings. The highest BCUT2D eigenvalue weighted by atomic mass is 32.2. The Bertz CT molecular complexity index is 2070. The van der Waals surface area contributed by atoms with E-state index in [-0.39, 0.29) is 24.2 Å². The van der Waals surface area contributed by atoms with E-state index >= 15 is 4.39 Å². The molecule has 0 radical (unpaired) electrons. The first-order valence-corrected chi connectivity index (χ1v) is 16.7. The lowest BCUT2D eigenvalue weighted by molar-refractivity contribution is 0.132. The Morgan fingerprint density at radius 2 is 1.83 bits per heavy atom. The smallest absolute Gasteiger partial charge is 0.407 e. The van der Waals surface area contributed by atoms with E-state index in [0.29, 0.717) is 52.4 Å². The lowest BCUT2D eigenvalue weighted by Gasteiger charge is -2.31. The van der Waals surface area contributed by atoms with Crippen LogP contribution in [0.4, 0.5) is 20.8 Å². The maximum absolute atomic E-state index is 15.3. The average Bonchev–Trinajstić information content (AvgIpc) is 3.08. The highest BCUT2D eigenvalue weighted by Crippen LogP contribution is 2.40. The zero-order valence-electron chi connectivity index (χ0n) is 26.3. The Balaban J connectivity index is 1.29. The van der Waals surface area contributed by atoms with Crippen molar-refractivity contribution in [2.45, 2.75) is 32.4 Å². The highest BCUT2D eigenvalue weighted by Gasteiger charge is 2.25. The molecule has 14 heteroatoms. The van der Waals surface area contributed by atoms with Crippen LogP contribution < -0.4 is 14.8 Å². The summed E-state index contributed by atoms with van der Waals surface area (Å²) in [6, 6.07) is 20.3. The fourth-order valence-corrected chi connectivity index (χ4v) is 6.57. The van der Waals surface area contributed by atoms with Gasteiger partial charge in [-0.15, -0.1) is 0 Å². The van der Waals surface area contributed by atoms with Crippen LogP contribution in [0.2, 0.25) is 0 Å². The van der Waals surface area contributed by atoms with Gasteiger partial charge < -0.3 is 20.1 Å². The molecule has 1 aliphatic heterocycles. The number of nitrogens with zero attached hydrogens (tertiary/aromatic N) is 5. The van der Waals surface area contributed by atoms with Gasteiger partial charge in [-0.05, 0) is 61.2 Å². The molecule has 1 saturated heterocycles. The van der Waals surface area contributed by atoms with Crippen molar-refractivity contribution >= 4 is 38.7 Å². The van der Waals surface area contributed by atoms with Crippen LogP contribution in [-0.4, -0.2) is 70.0 Å². The van der Waals surface area contributed by atoms with Crippen molar-refractivity contribution in [1.29, 1.82) is 0 Å². The molecule has 6 rings (SSSR count). The molecule has 0 saturated carbocycles. The second-order valence-corrected chi connectivity index (χ2v) is 13.3. The maximum Gasteiger partial charge on any atom is 0.407 e. The third kappa shape index (κ3) is 7.14. The normalized spacial score (nSPS) is 15.0. The Hall–Kier alpha value is -5.34. The standard InChI is InChI=1S/C34H34FN7O5S/c1-22-12-13-25-26(14-15-28(35)30(25)40-48(45,46)41(2)20-23-8-4-3-5-9-23)31(22)47-32-27(11-6-17-36-32)29-16-18-37-33(39-29)38-24-10-7-19-42(21-24)34(43)44/h3-6,8-9,11-18,24,40H,7,10,19-21H2,1-2H3,(H,43,44)(H,37,38,39)/t24-/m0/s1. The van der Waals surface area contributed by atoms with Crippen molar-refractivity contribution < 1.29 is 27.4 Å². The van der Waals surface area contributed by atoms with E-state index in [4.69, 9.17) is 4.74 Å². The largest absolute Gasteiger partial charge is 0.465 e. The number of benzene rings is 3. The van der Waals surface area contributed by atoms with Gasteiger partial charge in [-0.2, -0.15) is 12.7 Å². The molecule has 1 aliphatic rings. The minimum absolute atomic E-state index is 0.0974.